The molecule has 136 valence electrons. The molecule has 0 aliphatic carbocycles. The molecule has 0 amide bonds. The quantitative estimate of drug-likeness (QED) is 0.267. The molecular formula is C19H11F3N2O2S. The lowest BCUT2D eigenvalue weighted by Crippen LogP contribution is -2.12. The van der Waals surface area contributed by atoms with Gasteiger partial charge in [-0.05, 0) is 18.2 Å². The molecule has 4 rings (SSSR count). The lowest BCUT2D eigenvalue weighted by molar-refractivity contribution is -0.145. The molecule has 0 bridgehead atoms. The summed E-state index contributed by atoms with van der Waals surface area (Å²) in [4.78, 5) is 19.6. The highest BCUT2D eigenvalue weighted by Crippen LogP contribution is 2.32. The third kappa shape index (κ3) is 3.52. The highest BCUT2D eigenvalue weighted by Gasteiger charge is 2.35. The van der Waals surface area contributed by atoms with E-state index in [9.17, 15) is 18.0 Å². The Bertz CT molecular complexity index is 1120. The predicted molar refractivity (Wildman–Crippen MR) is 95.8 cm³/mol. The zero-order valence-electron chi connectivity index (χ0n) is 13.7. The second kappa shape index (κ2) is 6.70. The minimum Gasteiger partial charge on any atom is -0.453 e. The monoisotopic (exact) mass is 388 g/mol. The molecule has 2 heterocycles. The van der Waals surface area contributed by atoms with Crippen molar-refractivity contribution in [2.45, 2.75) is 11.2 Å². The van der Waals surface area contributed by atoms with Crippen molar-refractivity contribution in [3.8, 4) is 0 Å². The number of halogens is 3. The molecule has 0 unspecified atom stereocenters. The molecule has 0 saturated carbocycles. The van der Waals surface area contributed by atoms with E-state index in [4.69, 9.17) is 4.42 Å². The second-order valence-electron chi connectivity index (χ2n) is 5.73. The summed E-state index contributed by atoms with van der Waals surface area (Å²) >= 11 is 0.932. The van der Waals surface area contributed by atoms with Crippen LogP contribution < -0.4 is 0 Å². The summed E-state index contributed by atoms with van der Waals surface area (Å²) in [5, 5.41) is 1.36. The molecule has 2 aromatic heterocycles. The minimum atomic E-state index is -4.66. The van der Waals surface area contributed by atoms with E-state index in [1.165, 1.54) is 6.07 Å². The van der Waals surface area contributed by atoms with Crippen LogP contribution in [0, 0.1) is 0 Å². The standard InChI is InChI=1S/C19H11F3N2O2S/c20-19(21,22)18-23-13-7-3-2-6-12(13)17(24-18)27-10-14(25)16-9-11-5-1-4-8-15(11)26-16/h1-9H,10H2. The van der Waals surface area contributed by atoms with E-state index in [-0.39, 0.29) is 27.8 Å². The Labute approximate surface area is 155 Å². The number of aromatic nitrogens is 2. The van der Waals surface area contributed by atoms with E-state index >= 15 is 0 Å². The summed E-state index contributed by atoms with van der Waals surface area (Å²) in [5.74, 6) is -1.48. The average Bonchev–Trinajstić information content (AvgIpc) is 3.09. The SMILES string of the molecule is O=C(CSc1nc(C(F)(F)F)nc2ccccc12)c1cc2ccccc2o1. The fourth-order valence-electron chi connectivity index (χ4n) is 2.61. The molecule has 0 atom stereocenters. The Morgan fingerprint density at radius 1 is 1.04 bits per heavy atom. The number of hydrogen-bond acceptors (Lipinski definition) is 5. The van der Waals surface area contributed by atoms with Crippen molar-refractivity contribution in [3.63, 3.8) is 0 Å². The topological polar surface area (TPSA) is 56.0 Å². The van der Waals surface area contributed by atoms with Crippen LogP contribution in [0.5, 0.6) is 0 Å². The van der Waals surface area contributed by atoms with E-state index < -0.39 is 12.0 Å². The molecule has 27 heavy (non-hydrogen) atoms. The van der Waals surface area contributed by atoms with E-state index in [0.717, 1.165) is 17.1 Å². The number of benzene rings is 2. The maximum Gasteiger partial charge on any atom is 0.451 e. The number of nitrogens with zero attached hydrogens (tertiary/aromatic N) is 2. The molecule has 0 saturated heterocycles. The highest BCUT2D eigenvalue weighted by molar-refractivity contribution is 8.00. The Balaban J connectivity index is 1.63. The van der Waals surface area contributed by atoms with Gasteiger partial charge in [0.2, 0.25) is 11.6 Å². The van der Waals surface area contributed by atoms with Crippen molar-refractivity contribution in [1.82, 2.24) is 9.97 Å². The highest BCUT2D eigenvalue weighted by atomic mass is 32.2. The Hall–Kier alpha value is -2.87. The van der Waals surface area contributed by atoms with Gasteiger partial charge in [-0.25, -0.2) is 9.97 Å². The molecule has 0 aliphatic rings. The van der Waals surface area contributed by atoms with Crippen molar-refractivity contribution in [2.24, 2.45) is 0 Å². The predicted octanol–water partition coefficient (Wildman–Crippen LogP) is 5.37. The lowest BCUT2D eigenvalue weighted by atomic mass is 10.2. The summed E-state index contributed by atoms with van der Waals surface area (Å²) in [7, 11) is 0. The van der Waals surface area contributed by atoms with Gasteiger partial charge in [0.1, 0.15) is 10.6 Å². The summed E-state index contributed by atoms with van der Waals surface area (Å²) < 4.78 is 44.7. The molecule has 0 spiro atoms. The first-order valence-corrected chi connectivity index (χ1v) is 8.89. The number of carbonyl (C=O) groups excluding carboxylic acids is 1. The van der Waals surface area contributed by atoms with Crippen LogP contribution in [0.2, 0.25) is 0 Å². The second-order valence-corrected chi connectivity index (χ2v) is 6.69. The third-order valence-corrected chi connectivity index (χ3v) is 4.85. The maximum absolute atomic E-state index is 13.1. The minimum absolute atomic E-state index is 0.0991. The van der Waals surface area contributed by atoms with Crippen LogP contribution in [0.3, 0.4) is 0 Å². The molecule has 2 aromatic carbocycles. The van der Waals surface area contributed by atoms with Crippen LogP contribution in [-0.2, 0) is 6.18 Å². The van der Waals surface area contributed by atoms with Crippen molar-refractivity contribution in [3.05, 3.63) is 66.2 Å². The number of hydrogen-bond donors (Lipinski definition) is 0. The van der Waals surface area contributed by atoms with Gasteiger partial charge in [-0.1, -0.05) is 48.2 Å². The number of alkyl halides is 3. The van der Waals surface area contributed by atoms with Gasteiger partial charge < -0.3 is 4.42 Å². The smallest absolute Gasteiger partial charge is 0.451 e. The van der Waals surface area contributed by atoms with Gasteiger partial charge in [-0.3, -0.25) is 4.79 Å². The van der Waals surface area contributed by atoms with Crippen molar-refractivity contribution in [2.75, 3.05) is 5.75 Å². The molecule has 0 radical (unpaired) electrons. The Morgan fingerprint density at radius 3 is 2.56 bits per heavy atom. The number of carbonyl (C=O) groups is 1. The van der Waals surface area contributed by atoms with Crippen molar-refractivity contribution in [1.29, 1.82) is 0 Å². The molecule has 4 nitrogen and oxygen atoms in total. The van der Waals surface area contributed by atoms with Crippen molar-refractivity contribution >= 4 is 39.4 Å². The van der Waals surface area contributed by atoms with Crippen LogP contribution in [0.15, 0.2) is 64.0 Å². The van der Waals surface area contributed by atoms with E-state index in [1.54, 1.807) is 36.4 Å². The first-order chi connectivity index (χ1) is 12.9. The summed E-state index contributed by atoms with van der Waals surface area (Å²) in [6, 6.07) is 15.2. The van der Waals surface area contributed by atoms with Gasteiger partial charge in [-0.15, -0.1) is 0 Å². The zero-order chi connectivity index (χ0) is 19.0. The summed E-state index contributed by atoms with van der Waals surface area (Å²) in [6.07, 6.45) is -4.66. The van der Waals surface area contributed by atoms with Crippen LogP contribution >= 0.6 is 11.8 Å². The molecular weight excluding hydrogens is 377 g/mol. The fraction of sp³-hybridized carbons (Fsp3) is 0.105. The Morgan fingerprint density at radius 2 is 1.78 bits per heavy atom. The van der Waals surface area contributed by atoms with Gasteiger partial charge in [0, 0.05) is 10.8 Å². The van der Waals surface area contributed by atoms with E-state index in [1.807, 2.05) is 12.1 Å². The number of Topliss-reactive ketones (excluding diaryl/α,β-unsaturated/α-hetero) is 1. The normalized spacial score (nSPS) is 12.0. The maximum atomic E-state index is 13.1. The molecule has 0 N–H and O–H groups in total. The van der Waals surface area contributed by atoms with Crippen LogP contribution in [0.25, 0.3) is 21.9 Å². The van der Waals surface area contributed by atoms with Gasteiger partial charge in [0.25, 0.3) is 0 Å². The Kier molecular flexibility index (Phi) is 4.35. The van der Waals surface area contributed by atoms with Crippen LogP contribution in [0.1, 0.15) is 16.4 Å². The molecule has 0 aliphatic heterocycles. The first-order valence-electron chi connectivity index (χ1n) is 7.90. The van der Waals surface area contributed by atoms with E-state index in [2.05, 4.69) is 9.97 Å². The van der Waals surface area contributed by atoms with Gasteiger partial charge in [0.15, 0.2) is 5.76 Å². The lowest BCUT2D eigenvalue weighted by Gasteiger charge is -2.09. The van der Waals surface area contributed by atoms with Gasteiger partial charge in [-0.2, -0.15) is 13.2 Å². The van der Waals surface area contributed by atoms with Crippen molar-refractivity contribution < 1.29 is 22.4 Å². The number of rotatable bonds is 4. The van der Waals surface area contributed by atoms with Gasteiger partial charge in [0.05, 0.1) is 11.3 Å². The first kappa shape index (κ1) is 17.5. The summed E-state index contributed by atoms with van der Waals surface area (Å²) in [5.41, 5.74) is 0.760. The number of furan rings is 1. The molecule has 4 aromatic rings. The number of ketones is 1. The molecule has 8 heteroatoms. The fourth-order valence-corrected chi connectivity index (χ4v) is 3.50. The zero-order valence-corrected chi connectivity index (χ0v) is 14.5. The number of thioether (sulfide) groups is 1. The van der Waals surface area contributed by atoms with Crippen LogP contribution in [0.4, 0.5) is 13.2 Å². The van der Waals surface area contributed by atoms with Crippen LogP contribution in [-0.4, -0.2) is 21.5 Å². The number of fused-ring (bicyclic) bond motifs is 2. The largest absolute Gasteiger partial charge is 0.453 e. The molecule has 0 fully saturated rings. The van der Waals surface area contributed by atoms with Gasteiger partial charge >= 0.3 is 6.18 Å². The third-order valence-electron chi connectivity index (χ3n) is 3.86. The van der Waals surface area contributed by atoms with E-state index in [0.29, 0.717) is 11.0 Å². The number of para-hydroxylation sites is 2. The average molecular weight is 388 g/mol. The summed E-state index contributed by atoms with van der Waals surface area (Å²) in [6.45, 7) is 0.